The van der Waals surface area contributed by atoms with E-state index in [9.17, 15) is 27.9 Å². The normalized spacial score (nSPS) is 11.9. The summed E-state index contributed by atoms with van der Waals surface area (Å²) < 4.78 is 42.7. The quantitative estimate of drug-likeness (QED) is 0.520. The Labute approximate surface area is 150 Å². The number of aryl methyl sites for hydroxylation is 1. The number of carboxylic acid groups (broad SMARTS) is 1. The Hall–Kier alpha value is -3.14. The van der Waals surface area contributed by atoms with Gasteiger partial charge < -0.3 is 15.6 Å². The first-order chi connectivity index (χ1) is 12.7. The van der Waals surface area contributed by atoms with E-state index in [4.69, 9.17) is 5.73 Å². The molecule has 3 rings (SSSR count). The van der Waals surface area contributed by atoms with Gasteiger partial charge in [0.1, 0.15) is 11.3 Å². The summed E-state index contributed by atoms with van der Waals surface area (Å²) >= 11 is 0. The second kappa shape index (κ2) is 6.88. The lowest BCUT2D eigenvalue weighted by atomic mass is 10.1. The standard InChI is InChI=1S/C17H14F3N3O4/c18-17(19,20)16(26)27-10-3-5-11-9(8-10)2-4-12-13(11)22-23(7-1-6-21)14(12)15(24)25/h2-5,8H,1,6-7,21H2,(H,24,25). The third-order valence-corrected chi connectivity index (χ3v) is 3.92. The van der Waals surface area contributed by atoms with Gasteiger partial charge in [-0.3, -0.25) is 4.68 Å². The monoisotopic (exact) mass is 381 g/mol. The summed E-state index contributed by atoms with van der Waals surface area (Å²) in [6, 6.07) is 6.94. The van der Waals surface area contributed by atoms with Crippen molar-refractivity contribution < 1.29 is 32.6 Å². The number of rotatable bonds is 5. The topological polar surface area (TPSA) is 107 Å². The number of aromatic carboxylic acids is 1. The highest BCUT2D eigenvalue weighted by Gasteiger charge is 2.41. The first-order valence-corrected chi connectivity index (χ1v) is 7.88. The molecule has 0 fully saturated rings. The Balaban J connectivity index is 2.09. The van der Waals surface area contributed by atoms with Crippen LogP contribution >= 0.6 is 0 Å². The van der Waals surface area contributed by atoms with Crippen molar-refractivity contribution in [3.8, 4) is 5.75 Å². The fourth-order valence-electron chi connectivity index (χ4n) is 2.76. The van der Waals surface area contributed by atoms with Crippen LogP contribution in [0.4, 0.5) is 13.2 Å². The molecule has 3 aromatic rings. The molecule has 0 aliphatic heterocycles. The fraction of sp³-hybridized carbons (Fsp3) is 0.235. The number of carbonyl (C=O) groups is 2. The van der Waals surface area contributed by atoms with Crippen molar-refractivity contribution in [1.82, 2.24) is 9.78 Å². The van der Waals surface area contributed by atoms with Crippen molar-refractivity contribution in [2.24, 2.45) is 5.73 Å². The van der Waals surface area contributed by atoms with Crippen molar-refractivity contribution in [2.75, 3.05) is 6.54 Å². The molecule has 2 aromatic carbocycles. The molecule has 0 spiro atoms. The van der Waals surface area contributed by atoms with Crippen molar-refractivity contribution in [2.45, 2.75) is 19.1 Å². The van der Waals surface area contributed by atoms with E-state index in [2.05, 4.69) is 9.84 Å². The van der Waals surface area contributed by atoms with E-state index >= 15 is 0 Å². The molecule has 10 heteroatoms. The predicted octanol–water partition coefficient (Wildman–Crippen LogP) is 2.70. The average Bonchev–Trinajstić information content (AvgIpc) is 2.97. The van der Waals surface area contributed by atoms with Gasteiger partial charge in [0.25, 0.3) is 0 Å². The summed E-state index contributed by atoms with van der Waals surface area (Å²) in [5, 5.41) is 15.2. The Bertz CT molecular complexity index is 1040. The summed E-state index contributed by atoms with van der Waals surface area (Å²) in [7, 11) is 0. The number of ether oxygens (including phenoxy) is 1. The van der Waals surface area contributed by atoms with Crippen LogP contribution in [-0.2, 0) is 11.3 Å². The number of aromatic nitrogens is 2. The maximum Gasteiger partial charge on any atom is 0.491 e. The number of nitrogens with two attached hydrogens (primary N) is 1. The van der Waals surface area contributed by atoms with Gasteiger partial charge in [0.2, 0.25) is 0 Å². The van der Waals surface area contributed by atoms with Gasteiger partial charge in [0.15, 0.2) is 5.69 Å². The number of nitrogens with zero attached hydrogens (tertiary/aromatic N) is 2. The van der Waals surface area contributed by atoms with E-state index in [1.807, 2.05) is 0 Å². The third kappa shape index (κ3) is 3.56. The van der Waals surface area contributed by atoms with Crippen LogP contribution in [0.3, 0.4) is 0 Å². The molecular formula is C17H14F3N3O4. The highest BCUT2D eigenvalue weighted by molar-refractivity contribution is 6.11. The van der Waals surface area contributed by atoms with Crippen LogP contribution < -0.4 is 10.5 Å². The average molecular weight is 381 g/mol. The Kier molecular flexibility index (Phi) is 4.75. The number of fused-ring (bicyclic) bond motifs is 3. The number of hydrogen-bond donors (Lipinski definition) is 2. The Morgan fingerprint density at radius 3 is 2.52 bits per heavy atom. The fourth-order valence-corrected chi connectivity index (χ4v) is 2.76. The lowest BCUT2D eigenvalue weighted by molar-refractivity contribution is -0.189. The minimum absolute atomic E-state index is 0.00734. The minimum atomic E-state index is -5.10. The number of hydrogen-bond acceptors (Lipinski definition) is 5. The molecule has 0 amide bonds. The van der Waals surface area contributed by atoms with Gasteiger partial charge >= 0.3 is 18.1 Å². The summed E-state index contributed by atoms with van der Waals surface area (Å²) in [4.78, 5) is 22.6. The zero-order chi connectivity index (χ0) is 19.8. The van der Waals surface area contributed by atoms with Crippen LogP contribution in [0, 0.1) is 0 Å². The van der Waals surface area contributed by atoms with Crippen LogP contribution in [-0.4, -0.2) is 39.5 Å². The molecule has 1 heterocycles. The van der Waals surface area contributed by atoms with Crippen molar-refractivity contribution in [1.29, 1.82) is 0 Å². The van der Waals surface area contributed by atoms with Crippen LogP contribution in [0.15, 0.2) is 30.3 Å². The van der Waals surface area contributed by atoms with E-state index in [0.29, 0.717) is 41.2 Å². The molecule has 142 valence electrons. The highest BCUT2D eigenvalue weighted by atomic mass is 19.4. The molecule has 0 radical (unpaired) electrons. The molecule has 1 aromatic heterocycles. The number of benzene rings is 2. The van der Waals surface area contributed by atoms with Gasteiger partial charge in [-0.2, -0.15) is 18.3 Å². The maximum atomic E-state index is 12.3. The molecule has 27 heavy (non-hydrogen) atoms. The van der Waals surface area contributed by atoms with Crippen molar-refractivity contribution >= 4 is 33.6 Å². The van der Waals surface area contributed by atoms with Gasteiger partial charge in [-0.25, -0.2) is 9.59 Å². The third-order valence-electron chi connectivity index (χ3n) is 3.92. The van der Waals surface area contributed by atoms with Gasteiger partial charge in [-0.1, -0.05) is 6.07 Å². The Morgan fingerprint density at radius 2 is 1.89 bits per heavy atom. The molecule has 3 N–H and O–H groups in total. The number of esters is 1. The van der Waals surface area contributed by atoms with Gasteiger partial charge in [0, 0.05) is 17.3 Å². The molecule has 7 nitrogen and oxygen atoms in total. The number of carbonyl (C=O) groups excluding carboxylic acids is 1. The van der Waals surface area contributed by atoms with E-state index in [1.54, 1.807) is 0 Å². The Morgan fingerprint density at radius 1 is 1.19 bits per heavy atom. The van der Waals surface area contributed by atoms with Gasteiger partial charge in [-0.05, 0) is 42.6 Å². The molecule has 0 aliphatic carbocycles. The van der Waals surface area contributed by atoms with E-state index in [0.717, 1.165) is 0 Å². The summed E-state index contributed by atoms with van der Waals surface area (Å²) in [6.45, 7) is 0.680. The maximum absolute atomic E-state index is 12.3. The SMILES string of the molecule is NCCCn1nc2c(ccc3cc(OC(=O)C(F)(F)F)ccc32)c1C(=O)O. The largest absolute Gasteiger partial charge is 0.491 e. The van der Waals surface area contributed by atoms with E-state index in [1.165, 1.54) is 35.0 Å². The van der Waals surface area contributed by atoms with Crippen LogP contribution in [0.2, 0.25) is 0 Å². The second-order valence-corrected chi connectivity index (χ2v) is 5.75. The summed E-state index contributed by atoms with van der Waals surface area (Å²) in [5.74, 6) is -3.74. The molecule has 0 unspecified atom stereocenters. The number of carboxylic acids is 1. The van der Waals surface area contributed by atoms with E-state index in [-0.39, 0.29) is 11.4 Å². The van der Waals surface area contributed by atoms with E-state index < -0.39 is 18.1 Å². The number of halogens is 3. The number of alkyl halides is 3. The molecule has 0 bridgehead atoms. The summed E-state index contributed by atoms with van der Waals surface area (Å²) in [5.41, 5.74) is 5.86. The second-order valence-electron chi connectivity index (χ2n) is 5.75. The molecule has 0 atom stereocenters. The molecular weight excluding hydrogens is 367 g/mol. The molecule has 0 aliphatic rings. The van der Waals surface area contributed by atoms with Crippen molar-refractivity contribution in [3.63, 3.8) is 0 Å². The highest BCUT2D eigenvalue weighted by Crippen LogP contribution is 2.30. The van der Waals surface area contributed by atoms with Gasteiger partial charge in [0.05, 0.1) is 0 Å². The van der Waals surface area contributed by atoms with Crippen LogP contribution in [0.1, 0.15) is 16.9 Å². The molecule has 0 saturated carbocycles. The zero-order valence-electron chi connectivity index (χ0n) is 13.8. The smallest absolute Gasteiger partial charge is 0.477 e. The zero-order valence-corrected chi connectivity index (χ0v) is 13.8. The summed E-state index contributed by atoms with van der Waals surface area (Å²) in [6.07, 6.45) is -4.57. The van der Waals surface area contributed by atoms with Crippen molar-refractivity contribution in [3.05, 3.63) is 36.0 Å². The molecule has 0 saturated heterocycles. The van der Waals surface area contributed by atoms with Gasteiger partial charge in [-0.15, -0.1) is 0 Å². The lowest BCUT2D eigenvalue weighted by Crippen LogP contribution is -2.27. The van der Waals surface area contributed by atoms with Crippen LogP contribution in [0.25, 0.3) is 21.7 Å². The first-order valence-electron chi connectivity index (χ1n) is 7.88. The predicted molar refractivity (Wildman–Crippen MR) is 89.6 cm³/mol. The minimum Gasteiger partial charge on any atom is -0.477 e. The van der Waals surface area contributed by atoms with Crippen LogP contribution in [0.5, 0.6) is 5.75 Å². The first kappa shape index (κ1) is 18.6. The lowest BCUT2D eigenvalue weighted by Gasteiger charge is -2.07.